The third kappa shape index (κ3) is 5.84. The van der Waals surface area contributed by atoms with E-state index in [1.54, 1.807) is 7.11 Å². The van der Waals surface area contributed by atoms with Gasteiger partial charge in [-0.15, -0.1) is 0 Å². The Balaban J connectivity index is 2.20. The molecule has 0 spiro atoms. The number of methoxy groups -OCH3 is 1. The zero-order valence-corrected chi connectivity index (χ0v) is 11.7. The zero-order chi connectivity index (χ0) is 12.8. The molecule has 0 aromatic rings. The molecule has 1 saturated carbocycles. The van der Waals surface area contributed by atoms with Crippen molar-refractivity contribution in [3.8, 4) is 0 Å². The summed E-state index contributed by atoms with van der Waals surface area (Å²) >= 11 is 0. The fourth-order valence-corrected chi connectivity index (χ4v) is 2.38. The van der Waals surface area contributed by atoms with E-state index in [0.29, 0.717) is 0 Å². The van der Waals surface area contributed by atoms with Crippen LogP contribution in [0.4, 0.5) is 0 Å². The summed E-state index contributed by atoms with van der Waals surface area (Å²) in [5.41, 5.74) is -0.535. The molecule has 0 heterocycles. The second kappa shape index (κ2) is 6.72. The molecule has 0 bridgehead atoms. The van der Waals surface area contributed by atoms with Gasteiger partial charge in [-0.1, -0.05) is 25.7 Å². The summed E-state index contributed by atoms with van der Waals surface area (Å²) in [7, 11) is 1.75. The highest BCUT2D eigenvalue weighted by Crippen LogP contribution is 2.26. The largest absolute Gasteiger partial charge is 0.389 e. The summed E-state index contributed by atoms with van der Waals surface area (Å²) in [4.78, 5) is 0. The summed E-state index contributed by atoms with van der Waals surface area (Å²) in [6.45, 7) is 5.82. The van der Waals surface area contributed by atoms with E-state index in [9.17, 15) is 5.11 Å². The Morgan fingerprint density at radius 1 is 1.18 bits per heavy atom. The van der Waals surface area contributed by atoms with Crippen LogP contribution in [-0.4, -0.2) is 36.5 Å². The van der Waals surface area contributed by atoms with Crippen LogP contribution in [0.1, 0.15) is 58.8 Å². The molecule has 0 amide bonds. The third-order valence-electron chi connectivity index (χ3n) is 3.94. The average molecular weight is 243 g/mol. The van der Waals surface area contributed by atoms with Crippen LogP contribution in [0.3, 0.4) is 0 Å². The minimum atomic E-state index is -0.465. The number of hydrogen-bond donors (Lipinski definition) is 2. The van der Waals surface area contributed by atoms with Gasteiger partial charge < -0.3 is 15.2 Å². The van der Waals surface area contributed by atoms with Gasteiger partial charge in [0.25, 0.3) is 0 Å². The molecule has 0 saturated heterocycles. The first-order valence-electron chi connectivity index (χ1n) is 6.96. The first-order chi connectivity index (χ1) is 7.97. The molecule has 0 radical (unpaired) electrons. The number of rotatable bonds is 6. The summed E-state index contributed by atoms with van der Waals surface area (Å²) in [5, 5.41) is 13.8. The monoisotopic (exact) mass is 243 g/mol. The lowest BCUT2D eigenvalue weighted by atomic mass is 9.94. The molecule has 0 aliphatic heterocycles. The van der Waals surface area contributed by atoms with Crippen LogP contribution in [0.2, 0.25) is 0 Å². The predicted octanol–water partition coefficient (Wildman–Crippen LogP) is 2.48. The minimum Gasteiger partial charge on any atom is -0.389 e. The van der Waals surface area contributed by atoms with Gasteiger partial charge in [0.1, 0.15) is 0 Å². The quantitative estimate of drug-likeness (QED) is 0.556. The van der Waals surface area contributed by atoms with Crippen LogP contribution < -0.4 is 5.32 Å². The number of nitrogens with one attached hydrogen (secondary N) is 1. The molecule has 1 aliphatic carbocycles. The molecule has 102 valence electrons. The van der Waals surface area contributed by atoms with Crippen molar-refractivity contribution in [2.75, 3.05) is 20.2 Å². The van der Waals surface area contributed by atoms with E-state index in [-0.39, 0.29) is 5.60 Å². The summed E-state index contributed by atoms with van der Waals surface area (Å²) in [6.07, 6.45) is 7.77. The molecule has 1 aliphatic rings. The standard InChI is InChI=1S/C14H29NO2/c1-13(2,17-3)10-11-15-12-14(16)8-6-4-5-7-9-14/h15-16H,4-12H2,1-3H3. The number of aliphatic hydroxyl groups is 1. The molecule has 17 heavy (non-hydrogen) atoms. The maximum Gasteiger partial charge on any atom is 0.0771 e. The topological polar surface area (TPSA) is 41.5 Å². The Kier molecular flexibility index (Phi) is 5.90. The van der Waals surface area contributed by atoms with Gasteiger partial charge in [-0.25, -0.2) is 0 Å². The summed E-state index contributed by atoms with van der Waals surface area (Å²) in [6, 6.07) is 0. The molecule has 0 atom stereocenters. The van der Waals surface area contributed by atoms with Crippen molar-refractivity contribution in [3.05, 3.63) is 0 Å². The van der Waals surface area contributed by atoms with Crippen molar-refractivity contribution < 1.29 is 9.84 Å². The lowest BCUT2D eigenvalue weighted by molar-refractivity contribution is 0.00747. The average Bonchev–Trinajstić information content (AvgIpc) is 2.50. The second-order valence-corrected chi connectivity index (χ2v) is 6.03. The van der Waals surface area contributed by atoms with Crippen LogP contribution in [0, 0.1) is 0 Å². The highest BCUT2D eigenvalue weighted by molar-refractivity contribution is 4.83. The van der Waals surface area contributed by atoms with Crippen LogP contribution in [0.25, 0.3) is 0 Å². The Morgan fingerprint density at radius 2 is 1.76 bits per heavy atom. The van der Waals surface area contributed by atoms with Gasteiger partial charge in [0.05, 0.1) is 11.2 Å². The van der Waals surface area contributed by atoms with Gasteiger partial charge in [-0.3, -0.25) is 0 Å². The van der Waals surface area contributed by atoms with Crippen LogP contribution >= 0.6 is 0 Å². The Morgan fingerprint density at radius 3 is 2.29 bits per heavy atom. The Labute approximate surface area is 106 Å². The fraction of sp³-hybridized carbons (Fsp3) is 1.00. The molecule has 0 unspecified atom stereocenters. The molecular formula is C14H29NO2. The van der Waals surface area contributed by atoms with Crippen molar-refractivity contribution in [3.63, 3.8) is 0 Å². The molecule has 1 fully saturated rings. The minimum absolute atomic E-state index is 0.0704. The maximum absolute atomic E-state index is 10.4. The lowest BCUT2D eigenvalue weighted by Crippen LogP contribution is -2.41. The van der Waals surface area contributed by atoms with Gasteiger partial charge in [-0.05, 0) is 39.7 Å². The molecule has 0 aromatic heterocycles. The smallest absolute Gasteiger partial charge is 0.0771 e. The van der Waals surface area contributed by atoms with Crippen LogP contribution in [-0.2, 0) is 4.74 Å². The summed E-state index contributed by atoms with van der Waals surface area (Å²) < 4.78 is 5.37. The van der Waals surface area contributed by atoms with E-state index in [1.165, 1.54) is 25.7 Å². The van der Waals surface area contributed by atoms with Crippen molar-refractivity contribution in [1.82, 2.24) is 5.32 Å². The fourth-order valence-electron chi connectivity index (χ4n) is 2.38. The van der Waals surface area contributed by atoms with Gasteiger partial charge in [-0.2, -0.15) is 0 Å². The van der Waals surface area contributed by atoms with Crippen molar-refractivity contribution in [2.24, 2.45) is 0 Å². The van der Waals surface area contributed by atoms with Gasteiger partial charge in [0, 0.05) is 13.7 Å². The van der Waals surface area contributed by atoms with Crippen molar-refractivity contribution in [2.45, 2.75) is 70.0 Å². The predicted molar refractivity (Wildman–Crippen MR) is 71.2 cm³/mol. The molecule has 0 aromatic carbocycles. The van der Waals surface area contributed by atoms with E-state index in [2.05, 4.69) is 19.2 Å². The van der Waals surface area contributed by atoms with Gasteiger partial charge in [0.2, 0.25) is 0 Å². The first kappa shape index (κ1) is 14.9. The molecule has 2 N–H and O–H groups in total. The van der Waals surface area contributed by atoms with Crippen molar-refractivity contribution in [1.29, 1.82) is 0 Å². The molecule has 3 heteroatoms. The Bertz CT molecular complexity index is 208. The molecular weight excluding hydrogens is 214 g/mol. The highest BCUT2D eigenvalue weighted by atomic mass is 16.5. The Hall–Kier alpha value is -0.120. The molecule has 3 nitrogen and oxygen atoms in total. The number of hydrogen-bond acceptors (Lipinski definition) is 3. The van der Waals surface area contributed by atoms with Gasteiger partial charge in [0.15, 0.2) is 0 Å². The van der Waals surface area contributed by atoms with E-state index in [0.717, 1.165) is 32.4 Å². The van der Waals surface area contributed by atoms with Crippen LogP contribution in [0.15, 0.2) is 0 Å². The summed E-state index contributed by atoms with van der Waals surface area (Å²) in [5.74, 6) is 0. The number of ether oxygens (including phenoxy) is 1. The van der Waals surface area contributed by atoms with Crippen molar-refractivity contribution >= 4 is 0 Å². The first-order valence-corrected chi connectivity index (χ1v) is 6.96. The van der Waals surface area contributed by atoms with E-state index in [1.807, 2.05) is 0 Å². The van der Waals surface area contributed by atoms with E-state index < -0.39 is 5.60 Å². The van der Waals surface area contributed by atoms with E-state index >= 15 is 0 Å². The maximum atomic E-state index is 10.4. The van der Waals surface area contributed by atoms with Gasteiger partial charge >= 0.3 is 0 Å². The van der Waals surface area contributed by atoms with E-state index in [4.69, 9.17) is 4.74 Å². The van der Waals surface area contributed by atoms with Crippen LogP contribution in [0.5, 0.6) is 0 Å². The third-order valence-corrected chi connectivity index (χ3v) is 3.94. The lowest BCUT2D eigenvalue weighted by Gasteiger charge is -2.28. The normalized spacial score (nSPS) is 21.2. The molecule has 1 rings (SSSR count). The highest BCUT2D eigenvalue weighted by Gasteiger charge is 2.27. The second-order valence-electron chi connectivity index (χ2n) is 6.03. The SMILES string of the molecule is COC(C)(C)CCNCC1(O)CCCCCC1. The zero-order valence-electron chi connectivity index (χ0n) is 11.7.